The summed E-state index contributed by atoms with van der Waals surface area (Å²) in [7, 11) is 0. The molecule has 0 aliphatic heterocycles. The van der Waals surface area contributed by atoms with Crippen LogP contribution in [0, 0.1) is 0 Å². The highest BCUT2D eigenvalue weighted by molar-refractivity contribution is 5.72. The van der Waals surface area contributed by atoms with Crippen molar-refractivity contribution in [2.45, 2.75) is 219 Å². The lowest BCUT2D eigenvalue weighted by Gasteiger charge is -2.18. The highest BCUT2D eigenvalue weighted by atomic mass is 16.6. The molecule has 0 saturated carbocycles. The van der Waals surface area contributed by atoms with Gasteiger partial charge in [-0.25, -0.2) is 0 Å². The zero-order valence-corrected chi connectivity index (χ0v) is 38.2. The van der Waals surface area contributed by atoms with Crippen LogP contribution in [0.1, 0.15) is 213 Å². The number of ether oxygens (including phenoxy) is 3. The molecule has 0 saturated heterocycles. The second-order valence-corrected chi connectivity index (χ2v) is 15.7. The third-order valence-corrected chi connectivity index (χ3v) is 9.90. The average Bonchev–Trinajstić information content (AvgIpc) is 3.23. The van der Waals surface area contributed by atoms with Crippen LogP contribution in [0.15, 0.2) is 85.1 Å². The van der Waals surface area contributed by atoms with Gasteiger partial charge in [-0.05, 0) is 70.6 Å². The van der Waals surface area contributed by atoms with Crippen molar-refractivity contribution in [3.05, 3.63) is 85.1 Å². The van der Waals surface area contributed by atoms with Gasteiger partial charge in [0.2, 0.25) is 0 Å². The van der Waals surface area contributed by atoms with E-state index in [4.69, 9.17) is 14.2 Å². The molecule has 0 aliphatic rings. The number of esters is 3. The second kappa shape index (κ2) is 47.3. The standard InChI is InChI=1S/C53H88O6/c1-4-7-10-13-16-19-22-25-26-29-31-34-37-40-43-46-52(55)58-49-50(59-53(56)47-44-41-38-35-32-28-24-21-18-15-12-9-6-3)48-57-51(54)45-42-39-36-33-30-27-23-20-17-14-11-8-5-2/h7,10,12,15-16,19,21,24-26,31,34,40,43,50H,4-6,8-9,11,13-14,17-18,20,22-23,27-30,32-33,35-39,41-42,44-49H2,1-3H3/b10-7-,15-12-,19-16-,24-21-,26-25-,34-31-,43-40-. The van der Waals surface area contributed by atoms with Gasteiger partial charge in [0.15, 0.2) is 6.10 Å². The monoisotopic (exact) mass is 821 g/mol. The molecule has 1 unspecified atom stereocenters. The molecular weight excluding hydrogens is 733 g/mol. The maximum atomic E-state index is 12.7. The lowest BCUT2D eigenvalue weighted by molar-refractivity contribution is -0.166. The minimum absolute atomic E-state index is 0.111. The maximum absolute atomic E-state index is 12.7. The fraction of sp³-hybridized carbons (Fsp3) is 0.679. The Balaban J connectivity index is 4.53. The normalized spacial score (nSPS) is 12.8. The molecule has 0 radical (unpaired) electrons. The Morgan fingerprint density at radius 2 is 0.763 bits per heavy atom. The number of hydrogen-bond acceptors (Lipinski definition) is 6. The Bertz CT molecular complexity index is 1170. The first kappa shape index (κ1) is 55.6. The van der Waals surface area contributed by atoms with E-state index >= 15 is 0 Å². The number of allylic oxidation sites excluding steroid dienone is 13. The van der Waals surface area contributed by atoms with E-state index in [9.17, 15) is 14.4 Å². The summed E-state index contributed by atoms with van der Waals surface area (Å²) in [5, 5.41) is 0. The van der Waals surface area contributed by atoms with Crippen molar-refractivity contribution in [3.8, 4) is 0 Å². The van der Waals surface area contributed by atoms with Gasteiger partial charge in [0.25, 0.3) is 0 Å². The fourth-order valence-electron chi connectivity index (χ4n) is 6.32. The van der Waals surface area contributed by atoms with E-state index in [2.05, 4.69) is 93.7 Å². The van der Waals surface area contributed by atoms with E-state index in [0.717, 1.165) is 103 Å². The molecular formula is C53H88O6. The first-order chi connectivity index (χ1) is 29.0. The van der Waals surface area contributed by atoms with Crippen molar-refractivity contribution in [1.82, 2.24) is 0 Å². The van der Waals surface area contributed by atoms with Crippen molar-refractivity contribution < 1.29 is 28.6 Å². The third kappa shape index (κ3) is 45.5. The number of rotatable bonds is 42. The maximum Gasteiger partial charge on any atom is 0.309 e. The van der Waals surface area contributed by atoms with Crippen LogP contribution in [0.4, 0.5) is 0 Å². The van der Waals surface area contributed by atoms with Crippen molar-refractivity contribution in [2.24, 2.45) is 0 Å². The molecule has 0 bridgehead atoms. The van der Waals surface area contributed by atoms with E-state index in [0.29, 0.717) is 12.8 Å². The molecule has 0 fully saturated rings. The molecule has 6 heteroatoms. The van der Waals surface area contributed by atoms with Crippen LogP contribution in [-0.2, 0) is 28.6 Å². The van der Waals surface area contributed by atoms with Gasteiger partial charge in [-0.3, -0.25) is 14.4 Å². The topological polar surface area (TPSA) is 78.9 Å². The van der Waals surface area contributed by atoms with Gasteiger partial charge in [-0.15, -0.1) is 0 Å². The van der Waals surface area contributed by atoms with Gasteiger partial charge in [0, 0.05) is 12.8 Å². The Labute approximate surface area is 363 Å². The summed E-state index contributed by atoms with van der Waals surface area (Å²) >= 11 is 0. The van der Waals surface area contributed by atoms with E-state index in [1.165, 1.54) is 70.6 Å². The predicted octanol–water partition coefficient (Wildman–Crippen LogP) is 15.6. The van der Waals surface area contributed by atoms with Crippen LogP contribution in [0.5, 0.6) is 0 Å². The minimum Gasteiger partial charge on any atom is -0.462 e. The minimum atomic E-state index is -0.820. The highest BCUT2D eigenvalue weighted by Gasteiger charge is 2.19. The lowest BCUT2D eigenvalue weighted by atomic mass is 10.0. The van der Waals surface area contributed by atoms with Crippen molar-refractivity contribution in [3.63, 3.8) is 0 Å². The van der Waals surface area contributed by atoms with Crippen LogP contribution in [-0.4, -0.2) is 37.2 Å². The Morgan fingerprint density at radius 3 is 1.25 bits per heavy atom. The molecule has 0 heterocycles. The SMILES string of the molecule is CC/C=C\C/C=C\C/C=C\C/C=C\C/C=C\CC(=O)OCC(COC(=O)CCCCCCCCCCCCCCC)OC(=O)CCCCCCC/C=C\C/C=C\CCC. The molecule has 6 nitrogen and oxygen atoms in total. The average molecular weight is 821 g/mol. The zero-order chi connectivity index (χ0) is 43.0. The predicted molar refractivity (Wildman–Crippen MR) is 251 cm³/mol. The molecule has 59 heavy (non-hydrogen) atoms. The van der Waals surface area contributed by atoms with Crippen LogP contribution in [0.25, 0.3) is 0 Å². The van der Waals surface area contributed by atoms with Gasteiger partial charge >= 0.3 is 17.9 Å². The number of unbranched alkanes of at least 4 members (excludes halogenated alkanes) is 18. The molecule has 0 aromatic heterocycles. The van der Waals surface area contributed by atoms with Gasteiger partial charge in [0.1, 0.15) is 13.2 Å². The van der Waals surface area contributed by atoms with Gasteiger partial charge < -0.3 is 14.2 Å². The summed E-state index contributed by atoms with van der Waals surface area (Å²) in [6.07, 6.45) is 60.1. The van der Waals surface area contributed by atoms with Crippen molar-refractivity contribution >= 4 is 17.9 Å². The first-order valence-electron chi connectivity index (χ1n) is 24.1. The van der Waals surface area contributed by atoms with Crippen molar-refractivity contribution in [1.29, 1.82) is 0 Å². The molecule has 0 aromatic carbocycles. The van der Waals surface area contributed by atoms with Crippen molar-refractivity contribution in [2.75, 3.05) is 13.2 Å². The second-order valence-electron chi connectivity index (χ2n) is 15.7. The van der Waals surface area contributed by atoms with Crippen LogP contribution >= 0.6 is 0 Å². The summed E-state index contributed by atoms with van der Waals surface area (Å²) in [6, 6.07) is 0. The van der Waals surface area contributed by atoms with Crippen LogP contribution in [0.2, 0.25) is 0 Å². The molecule has 0 aliphatic carbocycles. The Morgan fingerprint density at radius 1 is 0.373 bits per heavy atom. The van der Waals surface area contributed by atoms with E-state index in [1.54, 1.807) is 6.08 Å². The first-order valence-corrected chi connectivity index (χ1v) is 24.1. The van der Waals surface area contributed by atoms with E-state index in [1.807, 2.05) is 6.08 Å². The Hall–Kier alpha value is -3.41. The summed E-state index contributed by atoms with van der Waals surface area (Å²) in [5.74, 6) is -1.06. The number of carbonyl (C=O) groups is 3. The smallest absolute Gasteiger partial charge is 0.309 e. The lowest BCUT2D eigenvalue weighted by Crippen LogP contribution is -2.30. The van der Waals surface area contributed by atoms with Crippen LogP contribution in [0.3, 0.4) is 0 Å². The van der Waals surface area contributed by atoms with E-state index in [-0.39, 0.29) is 31.6 Å². The Kier molecular flexibility index (Phi) is 44.5. The fourth-order valence-corrected chi connectivity index (χ4v) is 6.32. The summed E-state index contributed by atoms with van der Waals surface area (Å²) in [5.41, 5.74) is 0. The summed E-state index contributed by atoms with van der Waals surface area (Å²) in [4.78, 5) is 37.8. The molecule has 0 N–H and O–H groups in total. The largest absolute Gasteiger partial charge is 0.462 e. The number of carbonyl (C=O) groups excluding carboxylic acids is 3. The molecule has 0 amide bonds. The molecule has 336 valence electrons. The highest BCUT2D eigenvalue weighted by Crippen LogP contribution is 2.14. The molecule has 0 spiro atoms. The zero-order valence-electron chi connectivity index (χ0n) is 38.2. The van der Waals surface area contributed by atoms with Gasteiger partial charge in [-0.1, -0.05) is 209 Å². The van der Waals surface area contributed by atoms with Crippen LogP contribution < -0.4 is 0 Å². The number of hydrogen-bond donors (Lipinski definition) is 0. The third-order valence-electron chi connectivity index (χ3n) is 9.90. The quantitative estimate of drug-likeness (QED) is 0.0264. The van der Waals surface area contributed by atoms with Gasteiger partial charge in [-0.2, -0.15) is 0 Å². The molecule has 1 atom stereocenters. The molecule has 0 aromatic rings. The molecule has 0 rings (SSSR count). The van der Waals surface area contributed by atoms with E-state index < -0.39 is 12.1 Å². The van der Waals surface area contributed by atoms with Gasteiger partial charge in [0.05, 0.1) is 6.42 Å². The summed E-state index contributed by atoms with van der Waals surface area (Å²) < 4.78 is 16.6. The summed E-state index contributed by atoms with van der Waals surface area (Å²) in [6.45, 7) is 6.34.